The Balaban J connectivity index is 2.09. The number of ether oxygens (including phenoxy) is 2. The number of hydrogen-bond donors (Lipinski definition) is 1. The maximum Gasteiger partial charge on any atom is 0.251 e. The zero-order valence-corrected chi connectivity index (χ0v) is 14.1. The van der Waals surface area contributed by atoms with Crippen LogP contribution in [-0.2, 0) is 6.54 Å². The minimum Gasteiger partial charge on any atom is -0.493 e. The van der Waals surface area contributed by atoms with Crippen LogP contribution >= 0.6 is 0 Å². The van der Waals surface area contributed by atoms with E-state index in [-0.39, 0.29) is 5.91 Å². The van der Waals surface area contributed by atoms with E-state index in [4.69, 9.17) is 9.47 Å². The van der Waals surface area contributed by atoms with Crippen LogP contribution in [0.2, 0.25) is 0 Å². The second-order valence-electron chi connectivity index (χ2n) is 5.42. The fourth-order valence-electron chi connectivity index (χ4n) is 2.36. The van der Waals surface area contributed by atoms with Crippen LogP contribution in [-0.4, -0.2) is 19.6 Å². The molecular weight excluding hydrogens is 290 g/mol. The average molecular weight is 313 g/mol. The average Bonchev–Trinajstić information content (AvgIpc) is 2.55. The molecule has 0 spiro atoms. The molecule has 2 rings (SSSR count). The van der Waals surface area contributed by atoms with E-state index in [0.717, 1.165) is 16.7 Å². The third-order valence-electron chi connectivity index (χ3n) is 3.62. The highest BCUT2D eigenvalue weighted by molar-refractivity contribution is 5.95. The number of methoxy groups -OCH3 is 1. The van der Waals surface area contributed by atoms with E-state index in [2.05, 4.69) is 5.32 Å². The monoisotopic (exact) mass is 313 g/mol. The van der Waals surface area contributed by atoms with Crippen molar-refractivity contribution in [3.63, 3.8) is 0 Å². The summed E-state index contributed by atoms with van der Waals surface area (Å²) in [6, 6.07) is 11.5. The van der Waals surface area contributed by atoms with Crippen LogP contribution in [0.5, 0.6) is 11.5 Å². The second kappa shape index (κ2) is 7.68. The van der Waals surface area contributed by atoms with Gasteiger partial charge in [0, 0.05) is 12.1 Å². The summed E-state index contributed by atoms with van der Waals surface area (Å²) in [7, 11) is 1.61. The van der Waals surface area contributed by atoms with Gasteiger partial charge in [0.25, 0.3) is 5.91 Å². The zero-order chi connectivity index (χ0) is 16.8. The van der Waals surface area contributed by atoms with Crippen LogP contribution in [0.4, 0.5) is 0 Å². The quantitative estimate of drug-likeness (QED) is 0.885. The van der Waals surface area contributed by atoms with Crippen LogP contribution < -0.4 is 14.8 Å². The molecule has 0 saturated heterocycles. The van der Waals surface area contributed by atoms with Gasteiger partial charge in [-0.2, -0.15) is 0 Å². The number of carbonyl (C=O) groups excluding carboxylic acids is 1. The van der Waals surface area contributed by atoms with Gasteiger partial charge in [0.2, 0.25) is 0 Å². The van der Waals surface area contributed by atoms with E-state index in [0.29, 0.717) is 30.2 Å². The first-order chi connectivity index (χ1) is 11.0. The van der Waals surface area contributed by atoms with Crippen molar-refractivity contribution in [3.8, 4) is 11.5 Å². The van der Waals surface area contributed by atoms with Crippen molar-refractivity contribution in [1.82, 2.24) is 5.32 Å². The predicted octanol–water partition coefficient (Wildman–Crippen LogP) is 3.64. The van der Waals surface area contributed by atoms with E-state index in [1.165, 1.54) is 0 Å². The molecule has 0 saturated carbocycles. The van der Waals surface area contributed by atoms with Crippen LogP contribution in [0, 0.1) is 13.8 Å². The highest BCUT2D eigenvalue weighted by atomic mass is 16.5. The Labute approximate surface area is 137 Å². The normalized spacial score (nSPS) is 10.3. The lowest BCUT2D eigenvalue weighted by molar-refractivity contribution is 0.0950. The second-order valence-corrected chi connectivity index (χ2v) is 5.42. The van der Waals surface area contributed by atoms with Crippen LogP contribution in [0.15, 0.2) is 36.4 Å². The molecule has 0 aliphatic carbocycles. The molecule has 2 aromatic carbocycles. The number of hydrogen-bond acceptors (Lipinski definition) is 3. The Morgan fingerprint density at radius 2 is 1.87 bits per heavy atom. The van der Waals surface area contributed by atoms with Crippen molar-refractivity contribution in [1.29, 1.82) is 0 Å². The predicted molar refractivity (Wildman–Crippen MR) is 91.2 cm³/mol. The summed E-state index contributed by atoms with van der Waals surface area (Å²) in [5.74, 6) is 1.31. The van der Waals surface area contributed by atoms with Gasteiger partial charge in [0.1, 0.15) is 0 Å². The van der Waals surface area contributed by atoms with Crippen molar-refractivity contribution in [3.05, 3.63) is 58.7 Å². The van der Waals surface area contributed by atoms with E-state index in [1.807, 2.05) is 57.2 Å². The molecule has 0 aromatic heterocycles. The maximum absolute atomic E-state index is 12.4. The van der Waals surface area contributed by atoms with Crippen molar-refractivity contribution in [2.75, 3.05) is 13.7 Å². The van der Waals surface area contributed by atoms with E-state index < -0.39 is 0 Å². The van der Waals surface area contributed by atoms with Crippen LogP contribution in [0.25, 0.3) is 0 Å². The lowest BCUT2D eigenvalue weighted by atomic mass is 10.0. The first-order valence-corrected chi connectivity index (χ1v) is 7.70. The number of aryl methyl sites for hydroxylation is 2. The molecule has 1 amide bonds. The largest absolute Gasteiger partial charge is 0.493 e. The van der Waals surface area contributed by atoms with Gasteiger partial charge in [0.05, 0.1) is 13.7 Å². The lowest BCUT2D eigenvalue weighted by Crippen LogP contribution is -2.23. The Morgan fingerprint density at radius 3 is 2.57 bits per heavy atom. The molecule has 0 fully saturated rings. The van der Waals surface area contributed by atoms with Gasteiger partial charge >= 0.3 is 0 Å². The van der Waals surface area contributed by atoms with Gasteiger partial charge in [-0.3, -0.25) is 4.79 Å². The molecule has 1 N–H and O–H groups in total. The Kier molecular flexibility index (Phi) is 5.63. The third-order valence-corrected chi connectivity index (χ3v) is 3.62. The molecule has 0 heterocycles. The molecule has 0 aliphatic rings. The van der Waals surface area contributed by atoms with E-state index in [9.17, 15) is 4.79 Å². The SMILES string of the molecule is CCOc1cc(CNC(=O)c2cc(C)ccc2C)ccc1OC. The highest BCUT2D eigenvalue weighted by Gasteiger charge is 2.10. The molecule has 122 valence electrons. The summed E-state index contributed by atoms with van der Waals surface area (Å²) in [5.41, 5.74) is 3.72. The molecule has 0 aliphatic heterocycles. The maximum atomic E-state index is 12.4. The summed E-state index contributed by atoms with van der Waals surface area (Å²) in [4.78, 5) is 12.4. The number of rotatable bonds is 6. The molecule has 2 aromatic rings. The minimum absolute atomic E-state index is 0.0695. The number of nitrogens with one attached hydrogen (secondary N) is 1. The molecule has 4 heteroatoms. The Bertz CT molecular complexity index is 695. The topological polar surface area (TPSA) is 47.6 Å². The van der Waals surface area contributed by atoms with Crippen molar-refractivity contribution in [2.24, 2.45) is 0 Å². The summed E-state index contributed by atoms with van der Waals surface area (Å²) >= 11 is 0. The first-order valence-electron chi connectivity index (χ1n) is 7.70. The first kappa shape index (κ1) is 16.9. The fraction of sp³-hybridized carbons (Fsp3) is 0.316. The van der Waals surface area contributed by atoms with Gasteiger partial charge in [-0.1, -0.05) is 23.8 Å². The Morgan fingerprint density at radius 1 is 1.09 bits per heavy atom. The van der Waals surface area contributed by atoms with Crippen LogP contribution in [0.3, 0.4) is 0 Å². The summed E-state index contributed by atoms with van der Waals surface area (Å²) in [6.07, 6.45) is 0. The molecule has 4 nitrogen and oxygen atoms in total. The van der Waals surface area contributed by atoms with Gasteiger partial charge in [-0.15, -0.1) is 0 Å². The highest BCUT2D eigenvalue weighted by Crippen LogP contribution is 2.28. The number of amides is 1. The Hall–Kier alpha value is -2.49. The molecule has 0 unspecified atom stereocenters. The molecule has 0 atom stereocenters. The summed E-state index contributed by atoms with van der Waals surface area (Å²) in [6.45, 7) is 6.85. The van der Waals surface area contributed by atoms with E-state index in [1.54, 1.807) is 7.11 Å². The molecular formula is C19H23NO3. The molecule has 23 heavy (non-hydrogen) atoms. The van der Waals surface area contributed by atoms with Crippen LogP contribution in [0.1, 0.15) is 34.0 Å². The summed E-state index contributed by atoms with van der Waals surface area (Å²) in [5, 5.41) is 2.95. The third kappa shape index (κ3) is 4.25. The molecule has 0 bridgehead atoms. The minimum atomic E-state index is -0.0695. The summed E-state index contributed by atoms with van der Waals surface area (Å²) < 4.78 is 10.8. The molecule has 0 radical (unpaired) electrons. The van der Waals surface area contributed by atoms with Crippen molar-refractivity contribution >= 4 is 5.91 Å². The van der Waals surface area contributed by atoms with E-state index >= 15 is 0 Å². The van der Waals surface area contributed by atoms with Gasteiger partial charge in [-0.05, 0) is 50.1 Å². The standard InChI is InChI=1S/C19H23NO3/c1-5-23-18-11-15(8-9-17(18)22-4)12-20-19(21)16-10-13(2)6-7-14(16)3/h6-11H,5,12H2,1-4H3,(H,20,21). The van der Waals surface area contributed by atoms with Gasteiger partial charge < -0.3 is 14.8 Å². The fourth-order valence-corrected chi connectivity index (χ4v) is 2.36. The van der Waals surface area contributed by atoms with Gasteiger partial charge in [0.15, 0.2) is 11.5 Å². The number of benzene rings is 2. The smallest absolute Gasteiger partial charge is 0.251 e. The van der Waals surface area contributed by atoms with Crippen molar-refractivity contribution < 1.29 is 14.3 Å². The number of carbonyl (C=O) groups is 1. The zero-order valence-electron chi connectivity index (χ0n) is 14.1. The van der Waals surface area contributed by atoms with Gasteiger partial charge in [-0.25, -0.2) is 0 Å². The lowest BCUT2D eigenvalue weighted by Gasteiger charge is -2.12. The van der Waals surface area contributed by atoms with Crippen molar-refractivity contribution in [2.45, 2.75) is 27.3 Å².